The fraction of sp³-hybridized carbons (Fsp3) is 0.382. The van der Waals surface area contributed by atoms with Gasteiger partial charge in [-0.1, -0.05) is 49.7 Å². The molecule has 0 radical (unpaired) electrons. The van der Waals surface area contributed by atoms with Crippen molar-refractivity contribution in [1.29, 1.82) is 0 Å². The third kappa shape index (κ3) is 7.94. The monoisotopic (exact) mass is 638 g/mol. The molecule has 0 spiro atoms. The summed E-state index contributed by atoms with van der Waals surface area (Å²) in [4.78, 5) is 40.3. The third-order valence-electron chi connectivity index (χ3n) is 7.70. The number of nitrogens with zero attached hydrogens (tertiary/aromatic N) is 1. The summed E-state index contributed by atoms with van der Waals surface area (Å²) in [5.74, 6) is -0.900. The first-order valence-electron chi connectivity index (χ1n) is 14.6. The number of aryl methyl sites for hydroxylation is 2. The zero-order chi connectivity index (χ0) is 32.9. The van der Waals surface area contributed by atoms with Crippen molar-refractivity contribution >= 4 is 40.8 Å². The number of fused-ring (bicyclic) bond motifs is 1. The highest BCUT2D eigenvalue weighted by Gasteiger charge is 2.40. The van der Waals surface area contributed by atoms with Crippen molar-refractivity contribution in [2.75, 3.05) is 37.6 Å². The molecule has 3 aromatic carbocycles. The van der Waals surface area contributed by atoms with Gasteiger partial charge in [-0.05, 0) is 54.8 Å². The number of ether oxygens (including phenoxy) is 3. The van der Waals surface area contributed by atoms with Crippen molar-refractivity contribution in [2.45, 2.75) is 52.2 Å². The van der Waals surface area contributed by atoms with Crippen molar-refractivity contribution < 1.29 is 38.8 Å². The molecule has 10 nitrogen and oxygen atoms in total. The van der Waals surface area contributed by atoms with E-state index in [1.165, 1.54) is 14.2 Å². The Morgan fingerprint density at radius 3 is 2.47 bits per heavy atom. The number of carboxylic acids is 1. The second kappa shape index (κ2) is 14.3. The Hall–Kier alpha value is -4.12. The molecule has 1 aliphatic rings. The molecule has 2 unspecified atom stereocenters. The Morgan fingerprint density at radius 1 is 1.07 bits per heavy atom. The average Bonchev–Trinajstić information content (AvgIpc) is 3.10. The topological polar surface area (TPSA) is 135 Å². The standard InChI is InChI=1S/C34H39ClN2O8/c1-20-15-21(10-14-30(40)41)9-12-25(20)36-29(39)17-28-33(42)37(18-34(2,3)19-38)26-13-11-22(35)16-24(26)31(45-28)23-7-6-8-27(43-4)32(23)44-5/h6-9,11-13,15-16,28,31,38H,10,14,17-19H2,1-5H3,(H,36,39)(H,40,41). The van der Waals surface area contributed by atoms with E-state index in [9.17, 15) is 19.5 Å². The second-order valence-corrected chi connectivity index (χ2v) is 12.3. The number of carboxylic acid groups (broad SMARTS) is 1. The van der Waals surface area contributed by atoms with Crippen LogP contribution in [-0.4, -0.2) is 61.5 Å². The van der Waals surface area contributed by atoms with Crippen LogP contribution in [0, 0.1) is 12.3 Å². The number of benzene rings is 3. The molecule has 0 saturated carbocycles. The lowest BCUT2D eigenvalue weighted by molar-refractivity contribution is -0.137. The Bertz CT molecular complexity index is 1570. The number of nitrogens with one attached hydrogen (secondary N) is 1. The third-order valence-corrected chi connectivity index (χ3v) is 7.93. The number of carbonyl (C=O) groups excluding carboxylic acids is 2. The molecule has 3 aromatic rings. The van der Waals surface area contributed by atoms with E-state index in [0.717, 1.165) is 11.1 Å². The highest BCUT2D eigenvalue weighted by atomic mass is 35.5. The van der Waals surface area contributed by atoms with Gasteiger partial charge in [-0.2, -0.15) is 0 Å². The highest BCUT2D eigenvalue weighted by molar-refractivity contribution is 6.30. The number of aliphatic hydroxyl groups is 1. The summed E-state index contributed by atoms with van der Waals surface area (Å²) in [5, 5.41) is 22.4. The molecule has 11 heteroatoms. The summed E-state index contributed by atoms with van der Waals surface area (Å²) in [6, 6.07) is 15.8. The number of carbonyl (C=O) groups is 3. The molecular formula is C34H39ClN2O8. The van der Waals surface area contributed by atoms with Crippen molar-refractivity contribution in [2.24, 2.45) is 5.41 Å². The Balaban J connectivity index is 1.74. The molecule has 3 N–H and O–H groups in total. The fourth-order valence-electron chi connectivity index (χ4n) is 5.35. The van der Waals surface area contributed by atoms with Gasteiger partial charge in [-0.3, -0.25) is 14.4 Å². The number of anilines is 2. The predicted molar refractivity (Wildman–Crippen MR) is 171 cm³/mol. The number of para-hydroxylation sites is 1. The van der Waals surface area contributed by atoms with E-state index in [2.05, 4.69) is 5.32 Å². The summed E-state index contributed by atoms with van der Waals surface area (Å²) in [5.41, 5.74) is 3.17. The lowest BCUT2D eigenvalue weighted by Crippen LogP contribution is -2.46. The van der Waals surface area contributed by atoms with E-state index in [4.69, 9.17) is 30.9 Å². The molecule has 0 fully saturated rings. The van der Waals surface area contributed by atoms with Crippen LogP contribution in [0.3, 0.4) is 0 Å². The second-order valence-electron chi connectivity index (χ2n) is 11.8. The molecule has 1 aliphatic heterocycles. The minimum atomic E-state index is -1.22. The molecule has 0 aliphatic carbocycles. The van der Waals surface area contributed by atoms with Crippen molar-refractivity contribution in [3.05, 3.63) is 81.9 Å². The van der Waals surface area contributed by atoms with Crippen molar-refractivity contribution in [3.8, 4) is 11.5 Å². The van der Waals surface area contributed by atoms with E-state index < -0.39 is 35.4 Å². The number of aliphatic hydroxyl groups excluding tert-OH is 1. The smallest absolute Gasteiger partial charge is 0.303 e. The van der Waals surface area contributed by atoms with Crippen LogP contribution in [0.25, 0.3) is 0 Å². The van der Waals surface area contributed by atoms with Gasteiger partial charge in [-0.25, -0.2) is 0 Å². The molecule has 2 amide bonds. The number of hydrogen-bond donors (Lipinski definition) is 3. The normalized spacial score (nSPS) is 16.5. The van der Waals surface area contributed by atoms with Crippen LogP contribution in [0.15, 0.2) is 54.6 Å². The van der Waals surface area contributed by atoms with Crippen LogP contribution in [0.2, 0.25) is 5.02 Å². The van der Waals surface area contributed by atoms with Gasteiger partial charge < -0.3 is 34.6 Å². The zero-order valence-electron chi connectivity index (χ0n) is 26.1. The van der Waals surface area contributed by atoms with Gasteiger partial charge in [0.1, 0.15) is 12.2 Å². The fourth-order valence-corrected chi connectivity index (χ4v) is 5.53. The quantitative estimate of drug-likeness (QED) is 0.235. The Labute approximate surface area is 267 Å². The molecular weight excluding hydrogens is 600 g/mol. The van der Waals surface area contributed by atoms with Gasteiger partial charge in [0.25, 0.3) is 5.91 Å². The summed E-state index contributed by atoms with van der Waals surface area (Å²) >= 11 is 6.48. The van der Waals surface area contributed by atoms with E-state index in [1.54, 1.807) is 53.4 Å². The summed E-state index contributed by atoms with van der Waals surface area (Å²) < 4.78 is 17.8. The van der Waals surface area contributed by atoms with Gasteiger partial charge in [0.15, 0.2) is 11.5 Å². The Morgan fingerprint density at radius 2 is 1.82 bits per heavy atom. The molecule has 4 rings (SSSR count). The lowest BCUT2D eigenvalue weighted by Gasteiger charge is -2.32. The van der Waals surface area contributed by atoms with Gasteiger partial charge in [-0.15, -0.1) is 0 Å². The summed E-state index contributed by atoms with van der Waals surface area (Å²) in [6.07, 6.45) is -2.03. The van der Waals surface area contributed by atoms with Crippen LogP contribution in [-0.2, 0) is 25.5 Å². The highest BCUT2D eigenvalue weighted by Crippen LogP contribution is 2.45. The average molecular weight is 639 g/mol. The molecule has 0 saturated heterocycles. The number of halogens is 1. The van der Waals surface area contributed by atoms with Crippen LogP contribution in [0.4, 0.5) is 11.4 Å². The molecule has 45 heavy (non-hydrogen) atoms. The maximum Gasteiger partial charge on any atom is 0.303 e. The molecule has 240 valence electrons. The van der Waals surface area contributed by atoms with Crippen LogP contribution >= 0.6 is 11.6 Å². The minimum absolute atomic E-state index is 0.00268. The zero-order valence-corrected chi connectivity index (χ0v) is 26.8. The van der Waals surface area contributed by atoms with E-state index in [1.807, 2.05) is 26.8 Å². The minimum Gasteiger partial charge on any atom is -0.493 e. The number of methoxy groups -OCH3 is 2. The van der Waals surface area contributed by atoms with E-state index in [-0.39, 0.29) is 26.0 Å². The van der Waals surface area contributed by atoms with Crippen molar-refractivity contribution in [3.63, 3.8) is 0 Å². The SMILES string of the molecule is COc1cccc(C2OC(CC(=O)Nc3ccc(CCC(=O)O)cc3C)C(=O)N(CC(C)(C)CO)c3ccc(Cl)cc32)c1OC. The van der Waals surface area contributed by atoms with Crippen LogP contribution in [0.5, 0.6) is 11.5 Å². The van der Waals surface area contributed by atoms with E-state index >= 15 is 0 Å². The first kappa shape index (κ1) is 33.8. The number of hydrogen-bond acceptors (Lipinski definition) is 7. The Kier molecular flexibility index (Phi) is 10.7. The van der Waals surface area contributed by atoms with Gasteiger partial charge in [0.2, 0.25) is 5.91 Å². The summed E-state index contributed by atoms with van der Waals surface area (Å²) in [6.45, 7) is 5.47. The lowest BCUT2D eigenvalue weighted by atomic mass is 9.92. The number of aliphatic carboxylic acids is 1. The van der Waals surface area contributed by atoms with Crippen LogP contribution < -0.4 is 19.7 Å². The largest absolute Gasteiger partial charge is 0.493 e. The van der Waals surface area contributed by atoms with Gasteiger partial charge >= 0.3 is 5.97 Å². The maximum absolute atomic E-state index is 14.3. The number of amides is 2. The van der Waals surface area contributed by atoms with Gasteiger partial charge in [0.05, 0.1) is 20.6 Å². The predicted octanol–water partition coefficient (Wildman–Crippen LogP) is 5.55. The summed E-state index contributed by atoms with van der Waals surface area (Å²) in [7, 11) is 3.04. The molecule has 2 atom stereocenters. The number of rotatable bonds is 12. The first-order chi connectivity index (χ1) is 21.4. The molecule has 0 aromatic heterocycles. The van der Waals surface area contributed by atoms with Crippen molar-refractivity contribution in [1.82, 2.24) is 0 Å². The molecule has 1 heterocycles. The maximum atomic E-state index is 14.3. The molecule has 0 bridgehead atoms. The van der Waals surface area contributed by atoms with Gasteiger partial charge in [0, 0.05) is 52.5 Å². The van der Waals surface area contributed by atoms with E-state index in [0.29, 0.717) is 45.4 Å². The first-order valence-corrected chi connectivity index (χ1v) is 14.9. The van der Waals surface area contributed by atoms with Crippen LogP contribution in [0.1, 0.15) is 55.0 Å².